The Balaban J connectivity index is 1.36. The van der Waals surface area contributed by atoms with Crippen molar-refractivity contribution in [2.75, 3.05) is 36.0 Å². The van der Waals surface area contributed by atoms with Gasteiger partial charge in [-0.05, 0) is 37.1 Å². The molecule has 2 aromatic rings. The van der Waals surface area contributed by atoms with Gasteiger partial charge in [0.25, 0.3) is 5.91 Å². The molecule has 29 heavy (non-hydrogen) atoms. The van der Waals surface area contributed by atoms with Crippen LogP contribution in [0.25, 0.3) is 0 Å². The lowest BCUT2D eigenvalue weighted by Gasteiger charge is -2.36. The van der Waals surface area contributed by atoms with Crippen LogP contribution in [0, 0.1) is 5.82 Å². The summed E-state index contributed by atoms with van der Waals surface area (Å²) in [4.78, 5) is 25.7. The number of halogens is 1. The van der Waals surface area contributed by atoms with E-state index in [1.807, 2.05) is 12.1 Å². The Morgan fingerprint density at radius 1 is 0.931 bits per heavy atom. The summed E-state index contributed by atoms with van der Waals surface area (Å²) < 4.78 is 13.1. The number of carbonyl (C=O) groups is 1. The summed E-state index contributed by atoms with van der Waals surface area (Å²) in [5.41, 5.74) is 1.46. The Bertz CT molecular complexity index is 812. The first-order chi connectivity index (χ1) is 14.2. The van der Waals surface area contributed by atoms with Gasteiger partial charge in [-0.1, -0.05) is 25.7 Å². The van der Waals surface area contributed by atoms with E-state index in [1.165, 1.54) is 44.1 Å². The van der Waals surface area contributed by atoms with Crippen LogP contribution in [0.4, 0.5) is 15.9 Å². The fourth-order valence-electron chi connectivity index (χ4n) is 4.17. The van der Waals surface area contributed by atoms with Crippen molar-refractivity contribution >= 4 is 17.4 Å². The second-order valence-electron chi connectivity index (χ2n) is 7.87. The van der Waals surface area contributed by atoms with Crippen LogP contribution in [0.1, 0.15) is 49.0 Å². The third-order valence-corrected chi connectivity index (χ3v) is 5.87. The molecule has 2 aliphatic rings. The van der Waals surface area contributed by atoms with E-state index >= 15 is 0 Å². The zero-order chi connectivity index (χ0) is 20.1. The molecule has 0 bridgehead atoms. The average Bonchev–Trinajstić information content (AvgIpc) is 3.03. The quantitative estimate of drug-likeness (QED) is 0.802. The zero-order valence-corrected chi connectivity index (χ0v) is 16.7. The predicted octanol–water partition coefficient (Wildman–Crippen LogP) is 3.39. The Labute approximate surface area is 171 Å². The molecule has 0 unspecified atom stereocenters. The molecule has 2 fully saturated rings. The number of hydrogen-bond acceptors (Lipinski definition) is 5. The molecule has 6 nitrogen and oxygen atoms in total. The summed E-state index contributed by atoms with van der Waals surface area (Å²) in [6, 6.07) is 8.65. The number of rotatable bonds is 4. The smallest absolute Gasteiger partial charge is 0.270 e. The van der Waals surface area contributed by atoms with E-state index < -0.39 is 0 Å². The molecule has 1 saturated heterocycles. The van der Waals surface area contributed by atoms with E-state index in [-0.39, 0.29) is 17.8 Å². The van der Waals surface area contributed by atoms with Crippen molar-refractivity contribution in [1.82, 2.24) is 15.3 Å². The third kappa shape index (κ3) is 5.02. The average molecular weight is 397 g/mol. The van der Waals surface area contributed by atoms with Gasteiger partial charge in [-0.3, -0.25) is 4.79 Å². The topological polar surface area (TPSA) is 61.4 Å². The van der Waals surface area contributed by atoms with Crippen molar-refractivity contribution < 1.29 is 9.18 Å². The number of piperazine rings is 1. The van der Waals surface area contributed by atoms with Gasteiger partial charge in [0.1, 0.15) is 23.7 Å². The standard InChI is InChI=1S/C22H28FN5O/c23-17-7-9-19(10-8-17)27-11-13-28(14-12-27)21-15-20(24-16-25-21)22(29)26-18-5-3-1-2-4-6-18/h7-10,15-16,18H,1-6,11-14H2,(H,26,29). The Morgan fingerprint density at radius 2 is 1.59 bits per heavy atom. The molecule has 1 amide bonds. The normalized spacial score (nSPS) is 18.4. The second-order valence-corrected chi connectivity index (χ2v) is 7.87. The fourth-order valence-corrected chi connectivity index (χ4v) is 4.17. The van der Waals surface area contributed by atoms with Crippen LogP contribution in [0.3, 0.4) is 0 Å². The number of benzene rings is 1. The van der Waals surface area contributed by atoms with Gasteiger partial charge in [-0.15, -0.1) is 0 Å². The van der Waals surface area contributed by atoms with E-state index in [0.29, 0.717) is 5.69 Å². The molecule has 1 aliphatic carbocycles. The molecule has 0 atom stereocenters. The van der Waals surface area contributed by atoms with Gasteiger partial charge in [-0.25, -0.2) is 14.4 Å². The van der Waals surface area contributed by atoms with Crippen molar-refractivity contribution in [3.63, 3.8) is 0 Å². The van der Waals surface area contributed by atoms with Crippen molar-refractivity contribution in [2.24, 2.45) is 0 Å². The summed E-state index contributed by atoms with van der Waals surface area (Å²) in [6.45, 7) is 3.22. The Hall–Kier alpha value is -2.70. The van der Waals surface area contributed by atoms with E-state index in [0.717, 1.165) is 50.5 Å². The molecule has 2 heterocycles. The number of nitrogens with one attached hydrogen (secondary N) is 1. The van der Waals surface area contributed by atoms with Gasteiger partial charge >= 0.3 is 0 Å². The minimum atomic E-state index is -0.219. The van der Waals surface area contributed by atoms with Gasteiger partial charge in [0, 0.05) is 44.0 Å². The van der Waals surface area contributed by atoms with Crippen LogP contribution < -0.4 is 15.1 Å². The highest BCUT2D eigenvalue weighted by Gasteiger charge is 2.21. The molecule has 1 N–H and O–H groups in total. The molecule has 4 rings (SSSR count). The lowest BCUT2D eigenvalue weighted by Crippen LogP contribution is -2.47. The van der Waals surface area contributed by atoms with Crippen molar-refractivity contribution in [3.05, 3.63) is 48.2 Å². The fraction of sp³-hybridized carbons (Fsp3) is 0.500. The highest BCUT2D eigenvalue weighted by Crippen LogP contribution is 2.21. The van der Waals surface area contributed by atoms with Crippen LogP contribution in [0.15, 0.2) is 36.7 Å². The number of anilines is 2. The maximum Gasteiger partial charge on any atom is 0.270 e. The third-order valence-electron chi connectivity index (χ3n) is 5.87. The second kappa shape index (κ2) is 9.20. The zero-order valence-electron chi connectivity index (χ0n) is 16.7. The van der Waals surface area contributed by atoms with Crippen molar-refractivity contribution in [1.29, 1.82) is 0 Å². The lowest BCUT2D eigenvalue weighted by molar-refractivity contribution is 0.0928. The maximum atomic E-state index is 13.1. The monoisotopic (exact) mass is 397 g/mol. The summed E-state index contributed by atoms with van der Waals surface area (Å²) in [6.07, 6.45) is 8.45. The highest BCUT2D eigenvalue weighted by molar-refractivity contribution is 5.93. The molecule has 0 spiro atoms. The molecule has 1 aromatic carbocycles. The Morgan fingerprint density at radius 3 is 2.28 bits per heavy atom. The van der Waals surface area contributed by atoms with Gasteiger partial charge in [0.15, 0.2) is 0 Å². The minimum absolute atomic E-state index is 0.106. The first-order valence-electron chi connectivity index (χ1n) is 10.6. The van der Waals surface area contributed by atoms with Crippen LogP contribution >= 0.6 is 0 Å². The highest BCUT2D eigenvalue weighted by atomic mass is 19.1. The van der Waals surface area contributed by atoms with Gasteiger partial charge in [0.2, 0.25) is 0 Å². The summed E-state index contributed by atoms with van der Waals surface area (Å²) in [5.74, 6) is 0.457. The van der Waals surface area contributed by atoms with Crippen LogP contribution in [-0.2, 0) is 0 Å². The largest absolute Gasteiger partial charge is 0.368 e. The molecule has 1 aliphatic heterocycles. The molecule has 1 saturated carbocycles. The van der Waals surface area contributed by atoms with E-state index in [2.05, 4.69) is 25.1 Å². The predicted molar refractivity (Wildman–Crippen MR) is 112 cm³/mol. The minimum Gasteiger partial charge on any atom is -0.368 e. The number of carbonyl (C=O) groups excluding carboxylic acids is 1. The molecule has 154 valence electrons. The number of aromatic nitrogens is 2. The van der Waals surface area contributed by atoms with Crippen molar-refractivity contribution in [2.45, 2.75) is 44.6 Å². The SMILES string of the molecule is O=C(NC1CCCCCC1)c1cc(N2CCN(c3ccc(F)cc3)CC2)ncn1. The molecular weight excluding hydrogens is 369 g/mol. The molecule has 0 radical (unpaired) electrons. The molecule has 1 aromatic heterocycles. The van der Waals surface area contributed by atoms with Gasteiger partial charge in [0.05, 0.1) is 0 Å². The van der Waals surface area contributed by atoms with E-state index in [4.69, 9.17) is 0 Å². The summed E-state index contributed by atoms with van der Waals surface area (Å²) in [5, 5.41) is 3.15. The van der Waals surface area contributed by atoms with Crippen LogP contribution in [-0.4, -0.2) is 48.1 Å². The van der Waals surface area contributed by atoms with Crippen LogP contribution in [0.5, 0.6) is 0 Å². The maximum absolute atomic E-state index is 13.1. The van der Waals surface area contributed by atoms with Crippen molar-refractivity contribution in [3.8, 4) is 0 Å². The first-order valence-corrected chi connectivity index (χ1v) is 10.6. The Kier molecular flexibility index (Phi) is 6.22. The van der Waals surface area contributed by atoms with Crippen LogP contribution in [0.2, 0.25) is 0 Å². The summed E-state index contributed by atoms with van der Waals surface area (Å²) >= 11 is 0. The number of hydrogen-bond donors (Lipinski definition) is 1. The van der Waals surface area contributed by atoms with Gasteiger partial charge < -0.3 is 15.1 Å². The number of nitrogens with zero attached hydrogens (tertiary/aromatic N) is 4. The summed E-state index contributed by atoms with van der Waals surface area (Å²) in [7, 11) is 0. The van der Waals surface area contributed by atoms with E-state index in [9.17, 15) is 9.18 Å². The number of amides is 1. The lowest BCUT2D eigenvalue weighted by atomic mass is 10.1. The van der Waals surface area contributed by atoms with Gasteiger partial charge in [-0.2, -0.15) is 0 Å². The molecule has 7 heteroatoms. The first kappa shape index (κ1) is 19.6. The van der Waals surface area contributed by atoms with E-state index in [1.54, 1.807) is 6.07 Å². The molecular formula is C22H28FN5O.